The summed E-state index contributed by atoms with van der Waals surface area (Å²) < 4.78 is 1.59. The summed E-state index contributed by atoms with van der Waals surface area (Å²) in [7, 11) is 0. The Hall–Kier alpha value is -3.17. The minimum atomic E-state index is -0.691. The van der Waals surface area contributed by atoms with Crippen LogP contribution in [-0.4, -0.2) is 49.2 Å². The van der Waals surface area contributed by atoms with Gasteiger partial charge in [0.05, 0.1) is 11.2 Å². The minimum absolute atomic E-state index is 0.132. The molecule has 0 unspecified atom stereocenters. The van der Waals surface area contributed by atoms with Gasteiger partial charge in [-0.3, -0.25) is 4.79 Å². The zero-order valence-electron chi connectivity index (χ0n) is 15.1. The summed E-state index contributed by atoms with van der Waals surface area (Å²) in [5.74, 6) is 6.02. The molecule has 1 aliphatic rings. The van der Waals surface area contributed by atoms with E-state index in [1.165, 1.54) is 0 Å². The number of likely N-dealkylation sites (tertiary alicyclic amines) is 1. The monoisotopic (exact) mass is 360 g/mol. The lowest BCUT2D eigenvalue weighted by Gasteiger charge is -2.35. The Morgan fingerprint density at radius 1 is 1.15 bits per heavy atom. The van der Waals surface area contributed by atoms with Crippen molar-refractivity contribution in [3.05, 3.63) is 65.6 Å². The van der Waals surface area contributed by atoms with Gasteiger partial charge in [0.15, 0.2) is 11.3 Å². The van der Waals surface area contributed by atoms with Gasteiger partial charge in [0.1, 0.15) is 0 Å². The quantitative estimate of drug-likeness (QED) is 0.675. The molecule has 6 heteroatoms. The van der Waals surface area contributed by atoms with E-state index in [1.54, 1.807) is 27.9 Å². The molecule has 0 radical (unpaired) electrons. The van der Waals surface area contributed by atoms with E-state index in [4.69, 9.17) is 0 Å². The largest absolute Gasteiger partial charge is 0.390 e. The summed E-state index contributed by atoms with van der Waals surface area (Å²) in [5, 5.41) is 14.4. The van der Waals surface area contributed by atoms with Crippen molar-refractivity contribution in [1.82, 2.24) is 19.5 Å². The van der Waals surface area contributed by atoms with Crippen LogP contribution < -0.4 is 0 Å². The van der Waals surface area contributed by atoms with Crippen LogP contribution in [0.4, 0.5) is 0 Å². The standard InChI is InChI=1S/C21H20N4O2/c1-21(27)9-11-24(12-10-21)20(26)18-13-19-22-14-17(15-25(19)23-18)8-7-16-5-3-2-4-6-16/h2-6,13-15,27H,9-12H2,1H3. The van der Waals surface area contributed by atoms with Crippen LogP contribution in [0.25, 0.3) is 5.65 Å². The van der Waals surface area contributed by atoms with Gasteiger partial charge in [-0.1, -0.05) is 30.0 Å². The van der Waals surface area contributed by atoms with Crippen molar-refractivity contribution >= 4 is 11.6 Å². The highest BCUT2D eigenvalue weighted by molar-refractivity contribution is 5.93. The number of hydrogen-bond donors (Lipinski definition) is 1. The topological polar surface area (TPSA) is 70.7 Å². The van der Waals surface area contributed by atoms with Crippen LogP contribution in [0.1, 0.15) is 41.4 Å². The van der Waals surface area contributed by atoms with E-state index in [-0.39, 0.29) is 5.91 Å². The first kappa shape index (κ1) is 17.3. The molecule has 1 aliphatic heterocycles. The van der Waals surface area contributed by atoms with Crippen molar-refractivity contribution in [3.8, 4) is 11.8 Å². The van der Waals surface area contributed by atoms with E-state index < -0.39 is 5.60 Å². The number of amides is 1. The third-order valence-corrected chi connectivity index (χ3v) is 4.79. The summed E-state index contributed by atoms with van der Waals surface area (Å²) in [6.45, 7) is 2.86. The average molecular weight is 360 g/mol. The molecule has 0 atom stereocenters. The molecule has 2 aromatic heterocycles. The molecule has 1 aromatic carbocycles. The number of rotatable bonds is 1. The summed E-state index contributed by atoms with van der Waals surface area (Å²) in [6, 6.07) is 11.4. The van der Waals surface area contributed by atoms with Crippen LogP contribution in [0.2, 0.25) is 0 Å². The Morgan fingerprint density at radius 3 is 2.59 bits per heavy atom. The van der Waals surface area contributed by atoms with Gasteiger partial charge < -0.3 is 10.0 Å². The zero-order valence-corrected chi connectivity index (χ0v) is 15.1. The van der Waals surface area contributed by atoms with Crippen molar-refractivity contribution in [2.24, 2.45) is 0 Å². The molecule has 0 saturated carbocycles. The fraction of sp³-hybridized carbons (Fsp3) is 0.286. The van der Waals surface area contributed by atoms with Crippen LogP contribution in [0, 0.1) is 11.8 Å². The van der Waals surface area contributed by atoms with Crippen molar-refractivity contribution in [3.63, 3.8) is 0 Å². The fourth-order valence-electron chi connectivity index (χ4n) is 3.07. The number of aromatic nitrogens is 3. The van der Waals surface area contributed by atoms with E-state index in [1.807, 2.05) is 37.3 Å². The maximum Gasteiger partial charge on any atom is 0.274 e. The lowest BCUT2D eigenvalue weighted by atomic mass is 9.94. The highest BCUT2D eigenvalue weighted by Crippen LogP contribution is 2.22. The number of benzene rings is 1. The van der Waals surface area contributed by atoms with Crippen LogP contribution in [0.15, 0.2) is 48.8 Å². The normalized spacial score (nSPS) is 16.0. The highest BCUT2D eigenvalue weighted by Gasteiger charge is 2.30. The highest BCUT2D eigenvalue weighted by atomic mass is 16.3. The molecule has 27 heavy (non-hydrogen) atoms. The summed E-state index contributed by atoms with van der Waals surface area (Å²) in [6.07, 6.45) is 4.60. The van der Waals surface area contributed by atoms with Crippen molar-refractivity contribution in [2.75, 3.05) is 13.1 Å². The minimum Gasteiger partial charge on any atom is -0.390 e. The third-order valence-electron chi connectivity index (χ3n) is 4.79. The van der Waals surface area contributed by atoms with Gasteiger partial charge in [-0.25, -0.2) is 9.50 Å². The number of aliphatic hydroxyl groups is 1. The molecule has 1 amide bonds. The number of fused-ring (bicyclic) bond motifs is 1. The molecule has 136 valence electrons. The first-order valence-electron chi connectivity index (χ1n) is 8.94. The predicted octanol–water partition coefficient (Wildman–Crippen LogP) is 2.12. The number of nitrogens with zero attached hydrogens (tertiary/aromatic N) is 4. The van der Waals surface area contributed by atoms with Crippen LogP contribution in [-0.2, 0) is 0 Å². The van der Waals surface area contributed by atoms with E-state index >= 15 is 0 Å². The maximum absolute atomic E-state index is 12.7. The lowest BCUT2D eigenvalue weighted by molar-refractivity contribution is -0.00220. The molecular weight excluding hydrogens is 340 g/mol. The molecular formula is C21H20N4O2. The summed E-state index contributed by atoms with van der Waals surface area (Å²) >= 11 is 0. The van der Waals surface area contributed by atoms with Gasteiger partial charge in [-0.05, 0) is 31.9 Å². The second-order valence-corrected chi connectivity index (χ2v) is 7.08. The van der Waals surface area contributed by atoms with Crippen molar-refractivity contribution in [1.29, 1.82) is 0 Å². The molecule has 0 bridgehead atoms. The van der Waals surface area contributed by atoms with E-state index in [2.05, 4.69) is 21.9 Å². The van der Waals surface area contributed by atoms with E-state index in [0.717, 1.165) is 11.1 Å². The second-order valence-electron chi connectivity index (χ2n) is 7.08. The fourth-order valence-corrected chi connectivity index (χ4v) is 3.07. The summed E-state index contributed by atoms with van der Waals surface area (Å²) in [4.78, 5) is 18.8. The number of carbonyl (C=O) groups is 1. The van der Waals surface area contributed by atoms with Gasteiger partial charge >= 0.3 is 0 Å². The predicted molar refractivity (Wildman–Crippen MR) is 101 cm³/mol. The first-order valence-corrected chi connectivity index (χ1v) is 8.94. The van der Waals surface area contributed by atoms with Crippen molar-refractivity contribution in [2.45, 2.75) is 25.4 Å². The Kier molecular flexibility index (Phi) is 4.38. The Morgan fingerprint density at radius 2 is 1.85 bits per heavy atom. The molecule has 1 N–H and O–H groups in total. The van der Waals surface area contributed by atoms with Crippen LogP contribution in [0.5, 0.6) is 0 Å². The molecule has 3 heterocycles. The van der Waals surface area contributed by atoms with Crippen LogP contribution >= 0.6 is 0 Å². The van der Waals surface area contributed by atoms with Crippen LogP contribution in [0.3, 0.4) is 0 Å². The van der Waals surface area contributed by atoms with Gasteiger partial charge in [-0.15, -0.1) is 0 Å². The first-order chi connectivity index (χ1) is 13.0. The maximum atomic E-state index is 12.7. The smallest absolute Gasteiger partial charge is 0.274 e. The summed E-state index contributed by atoms with van der Waals surface area (Å²) in [5.41, 5.74) is 1.92. The molecule has 4 rings (SSSR count). The molecule has 0 spiro atoms. The van der Waals surface area contributed by atoms with Gasteiger partial charge in [0.25, 0.3) is 5.91 Å². The van der Waals surface area contributed by atoms with E-state index in [0.29, 0.717) is 37.3 Å². The second kappa shape index (κ2) is 6.86. The third kappa shape index (κ3) is 3.83. The van der Waals surface area contributed by atoms with Crippen molar-refractivity contribution < 1.29 is 9.90 Å². The molecule has 0 aliphatic carbocycles. The lowest BCUT2D eigenvalue weighted by Crippen LogP contribution is -2.45. The molecule has 3 aromatic rings. The Bertz CT molecular complexity index is 1030. The average Bonchev–Trinajstić information content (AvgIpc) is 3.10. The number of piperidine rings is 1. The molecule has 6 nitrogen and oxygen atoms in total. The van der Waals surface area contributed by atoms with Gasteiger partial charge in [0, 0.05) is 37.1 Å². The Balaban J connectivity index is 1.54. The SMILES string of the molecule is CC1(O)CCN(C(=O)c2cc3ncc(C#Cc4ccccc4)cn3n2)CC1. The molecule has 1 fully saturated rings. The number of hydrogen-bond acceptors (Lipinski definition) is 4. The zero-order chi connectivity index (χ0) is 18.9. The molecule has 1 saturated heterocycles. The number of carbonyl (C=O) groups excluding carboxylic acids is 1. The Labute approximate surface area is 157 Å². The van der Waals surface area contributed by atoms with E-state index in [9.17, 15) is 9.90 Å². The van der Waals surface area contributed by atoms with Gasteiger partial charge in [0.2, 0.25) is 0 Å². The van der Waals surface area contributed by atoms with Gasteiger partial charge in [-0.2, -0.15) is 5.10 Å².